The lowest BCUT2D eigenvalue weighted by atomic mass is 10.0. The molecule has 1 saturated heterocycles. The Labute approximate surface area is 157 Å². The van der Waals surface area contributed by atoms with Crippen molar-refractivity contribution >= 4 is 11.9 Å². The van der Waals surface area contributed by atoms with Crippen molar-refractivity contribution in [1.82, 2.24) is 19.9 Å². The van der Waals surface area contributed by atoms with Crippen LogP contribution in [0, 0.1) is 6.92 Å². The van der Waals surface area contributed by atoms with Crippen LogP contribution in [-0.4, -0.2) is 51.9 Å². The summed E-state index contributed by atoms with van der Waals surface area (Å²) >= 11 is 0. The number of hydrogen-bond donors (Lipinski definition) is 0. The van der Waals surface area contributed by atoms with Crippen molar-refractivity contribution in [2.75, 3.05) is 31.1 Å². The van der Waals surface area contributed by atoms with Gasteiger partial charge in [-0.05, 0) is 36.2 Å². The fraction of sp³-hybridized carbons (Fsp3) is 0.300. The lowest BCUT2D eigenvalue weighted by Gasteiger charge is -2.34. The van der Waals surface area contributed by atoms with E-state index in [9.17, 15) is 4.79 Å². The highest BCUT2D eigenvalue weighted by molar-refractivity contribution is 5.80. The summed E-state index contributed by atoms with van der Waals surface area (Å²) in [4.78, 5) is 29.1. The normalized spacial score (nSPS) is 14.4. The highest BCUT2D eigenvalue weighted by Crippen LogP contribution is 2.33. The number of aromatic nitrogens is 3. The molecule has 138 valence electrons. The second kappa shape index (κ2) is 7.19. The van der Waals surface area contributed by atoms with Gasteiger partial charge < -0.3 is 14.2 Å². The molecule has 0 N–H and O–H groups in total. The quantitative estimate of drug-likeness (QED) is 0.712. The molecular weight excluding hydrogens is 342 g/mol. The van der Waals surface area contributed by atoms with Crippen LogP contribution in [0.25, 0.3) is 22.6 Å². The lowest BCUT2D eigenvalue weighted by molar-refractivity contribution is -0.129. The molecule has 7 nitrogen and oxygen atoms in total. The molecule has 4 heterocycles. The molecule has 0 atom stereocenters. The van der Waals surface area contributed by atoms with Crippen molar-refractivity contribution in [2.45, 2.75) is 13.8 Å². The van der Waals surface area contributed by atoms with E-state index in [0.717, 1.165) is 22.4 Å². The molecular formula is C20H21N5O2. The Balaban J connectivity index is 1.71. The van der Waals surface area contributed by atoms with Crippen molar-refractivity contribution in [3.8, 4) is 22.6 Å². The van der Waals surface area contributed by atoms with Gasteiger partial charge in [-0.3, -0.25) is 9.78 Å². The summed E-state index contributed by atoms with van der Waals surface area (Å²) in [5.41, 5.74) is 3.75. The Kier molecular flexibility index (Phi) is 4.58. The summed E-state index contributed by atoms with van der Waals surface area (Å²) in [6, 6.07) is 5.72. The van der Waals surface area contributed by atoms with Gasteiger partial charge >= 0.3 is 0 Å². The Morgan fingerprint density at radius 1 is 1.11 bits per heavy atom. The molecule has 0 aliphatic carbocycles. The van der Waals surface area contributed by atoms with E-state index < -0.39 is 0 Å². The Bertz CT molecular complexity index is 947. The third-order valence-electron chi connectivity index (χ3n) is 4.85. The smallest absolute Gasteiger partial charge is 0.226 e. The minimum atomic E-state index is 0.107. The monoisotopic (exact) mass is 363 g/mol. The molecule has 4 rings (SSSR count). The predicted octanol–water partition coefficient (Wildman–Crippen LogP) is 2.78. The molecule has 1 aliphatic heterocycles. The van der Waals surface area contributed by atoms with Crippen LogP contribution >= 0.6 is 0 Å². The molecule has 0 spiro atoms. The Morgan fingerprint density at radius 3 is 2.59 bits per heavy atom. The number of carbonyl (C=O) groups excluding carboxylic acids is 1. The molecule has 7 heteroatoms. The van der Waals surface area contributed by atoms with Crippen molar-refractivity contribution < 1.29 is 9.21 Å². The second-order valence-corrected chi connectivity index (χ2v) is 6.59. The molecule has 0 radical (unpaired) electrons. The number of carbonyl (C=O) groups is 1. The Hall–Kier alpha value is -3.22. The molecule has 3 aromatic rings. The van der Waals surface area contributed by atoms with Crippen molar-refractivity contribution in [2.24, 2.45) is 0 Å². The second-order valence-electron chi connectivity index (χ2n) is 6.59. The van der Waals surface area contributed by atoms with E-state index in [1.165, 1.54) is 0 Å². The standard InChI is InChI=1S/C20H21N5O2/c1-14-12-21-6-5-16(14)17-13-22-20(23-19(17)18-4-3-11-27-18)25-9-7-24(8-10-25)15(2)26/h3-6,11-13H,7-10H2,1-2H3. The van der Waals surface area contributed by atoms with Crippen LogP contribution in [0.5, 0.6) is 0 Å². The number of nitrogens with zero attached hydrogens (tertiary/aromatic N) is 5. The van der Waals surface area contributed by atoms with Gasteiger partial charge in [0.2, 0.25) is 11.9 Å². The number of piperazine rings is 1. The van der Waals surface area contributed by atoms with E-state index >= 15 is 0 Å². The molecule has 27 heavy (non-hydrogen) atoms. The topological polar surface area (TPSA) is 75.4 Å². The van der Waals surface area contributed by atoms with Gasteiger partial charge in [-0.25, -0.2) is 9.97 Å². The van der Waals surface area contributed by atoms with Crippen LogP contribution in [0.4, 0.5) is 5.95 Å². The molecule has 0 bridgehead atoms. The first-order valence-corrected chi connectivity index (χ1v) is 8.96. The summed E-state index contributed by atoms with van der Waals surface area (Å²) in [6.45, 7) is 6.41. The molecule has 0 saturated carbocycles. The van der Waals surface area contributed by atoms with Crippen molar-refractivity contribution in [3.05, 3.63) is 48.6 Å². The molecule has 1 fully saturated rings. The van der Waals surface area contributed by atoms with Gasteiger partial charge in [0.05, 0.1) is 6.26 Å². The first kappa shape index (κ1) is 17.2. The number of anilines is 1. The van der Waals surface area contributed by atoms with Gasteiger partial charge in [-0.15, -0.1) is 0 Å². The zero-order chi connectivity index (χ0) is 18.8. The third-order valence-corrected chi connectivity index (χ3v) is 4.85. The van der Waals surface area contributed by atoms with Crippen LogP contribution in [0.15, 0.2) is 47.5 Å². The van der Waals surface area contributed by atoms with Crippen LogP contribution in [0.3, 0.4) is 0 Å². The number of furan rings is 1. The van der Waals surface area contributed by atoms with E-state index in [1.807, 2.05) is 42.4 Å². The number of aryl methyl sites for hydroxylation is 1. The van der Waals surface area contributed by atoms with Gasteiger partial charge in [-0.2, -0.15) is 0 Å². The fourth-order valence-corrected chi connectivity index (χ4v) is 3.32. The predicted molar refractivity (Wildman–Crippen MR) is 102 cm³/mol. The average molecular weight is 363 g/mol. The zero-order valence-corrected chi connectivity index (χ0v) is 15.4. The van der Waals surface area contributed by atoms with Crippen LogP contribution in [-0.2, 0) is 4.79 Å². The molecule has 3 aromatic heterocycles. The summed E-state index contributed by atoms with van der Waals surface area (Å²) in [5, 5.41) is 0. The van der Waals surface area contributed by atoms with Crippen LogP contribution in [0.1, 0.15) is 12.5 Å². The minimum absolute atomic E-state index is 0.107. The number of pyridine rings is 1. The van der Waals surface area contributed by atoms with Gasteiger partial charge in [0.1, 0.15) is 5.69 Å². The van der Waals surface area contributed by atoms with Gasteiger partial charge in [0.25, 0.3) is 0 Å². The maximum atomic E-state index is 11.5. The number of amides is 1. The van der Waals surface area contributed by atoms with Crippen LogP contribution < -0.4 is 4.90 Å². The van der Waals surface area contributed by atoms with Crippen LogP contribution in [0.2, 0.25) is 0 Å². The first-order chi connectivity index (χ1) is 13.1. The van der Waals surface area contributed by atoms with Crippen molar-refractivity contribution in [3.63, 3.8) is 0 Å². The van der Waals surface area contributed by atoms with E-state index in [4.69, 9.17) is 9.40 Å². The summed E-state index contributed by atoms with van der Waals surface area (Å²) < 4.78 is 5.64. The Morgan fingerprint density at radius 2 is 1.93 bits per heavy atom. The highest BCUT2D eigenvalue weighted by Gasteiger charge is 2.22. The molecule has 0 aromatic carbocycles. The maximum absolute atomic E-state index is 11.5. The fourth-order valence-electron chi connectivity index (χ4n) is 3.32. The molecule has 1 amide bonds. The lowest BCUT2D eigenvalue weighted by Crippen LogP contribution is -2.48. The molecule has 0 unspecified atom stereocenters. The summed E-state index contributed by atoms with van der Waals surface area (Å²) in [5.74, 6) is 1.46. The zero-order valence-electron chi connectivity index (χ0n) is 15.4. The number of rotatable bonds is 3. The highest BCUT2D eigenvalue weighted by atomic mass is 16.3. The average Bonchev–Trinajstić information content (AvgIpc) is 3.23. The third kappa shape index (κ3) is 3.40. The van der Waals surface area contributed by atoms with Gasteiger partial charge in [0, 0.05) is 57.3 Å². The maximum Gasteiger partial charge on any atom is 0.226 e. The largest absolute Gasteiger partial charge is 0.463 e. The van der Waals surface area contributed by atoms with Crippen molar-refractivity contribution in [1.29, 1.82) is 0 Å². The molecule has 1 aliphatic rings. The van der Waals surface area contributed by atoms with E-state index in [0.29, 0.717) is 37.9 Å². The number of hydrogen-bond acceptors (Lipinski definition) is 6. The van der Waals surface area contributed by atoms with E-state index in [2.05, 4.69) is 14.9 Å². The SMILES string of the molecule is CC(=O)N1CCN(c2ncc(-c3ccncc3C)c(-c3ccco3)n2)CC1. The van der Waals surface area contributed by atoms with Gasteiger partial charge in [-0.1, -0.05) is 0 Å². The van der Waals surface area contributed by atoms with Gasteiger partial charge in [0.15, 0.2) is 5.76 Å². The minimum Gasteiger partial charge on any atom is -0.463 e. The first-order valence-electron chi connectivity index (χ1n) is 8.96. The van der Waals surface area contributed by atoms with E-state index in [-0.39, 0.29) is 5.91 Å². The summed E-state index contributed by atoms with van der Waals surface area (Å²) in [7, 11) is 0. The summed E-state index contributed by atoms with van der Waals surface area (Å²) in [6.07, 6.45) is 7.09. The van der Waals surface area contributed by atoms with E-state index in [1.54, 1.807) is 19.4 Å².